The third-order valence-corrected chi connectivity index (χ3v) is 4.69. The molecule has 0 amide bonds. The monoisotopic (exact) mass is 367 g/mol. The van der Waals surface area contributed by atoms with Crippen LogP contribution in [-0.2, 0) is 11.3 Å². The van der Waals surface area contributed by atoms with Crippen molar-refractivity contribution < 1.29 is 9.15 Å². The van der Waals surface area contributed by atoms with Crippen molar-refractivity contribution in [2.75, 3.05) is 13.7 Å². The number of pyridine rings is 1. The van der Waals surface area contributed by atoms with Gasteiger partial charge in [-0.25, -0.2) is 4.79 Å². The van der Waals surface area contributed by atoms with Crippen LogP contribution in [0.2, 0.25) is 0 Å². The summed E-state index contributed by atoms with van der Waals surface area (Å²) in [5.74, 6) is 0. The normalized spacial score (nSPS) is 11.2. The van der Waals surface area contributed by atoms with Gasteiger partial charge >= 0.3 is 5.63 Å². The van der Waals surface area contributed by atoms with E-state index in [1.54, 1.807) is 23.9 Å². The standard InChI is InChI=1S/C22H25NO4/c1-16-8-7-9-17(14-16)19-15-18-10-12-23(11-5-3-4-6-13-26-2)21(24)20(18)27-22(19)25/h7-10,12,14-15H,3-6,11,13H2,1-2H3. The van der Waals surface area contributed by atoms with Crippen molar-refractivity contribution >= 4 is 11.0 Å². The van der Waals surface area contributed by atoms with Crippen LogP contribution in [0.15, 0.2) is 56.6 Å². The van der Waals surface area contributed by atoms with Crippen molar-refractivity contribution in [3.8, 4) is 11.1 Å². The van der Waals surface area contributed by atoms with Crippen molar-refractivity contribution in [1.82, 2.24) is 4.57 Å². The SMILES string of the molecule is COCCCCCCn1ccc2cc(-c3cccc(C)c3)c(=O)oc2c1=O. The van der Waals surface area contributed by atoms with Crippen LogP contribution in [0.25, 0.3) is 22.1 Å². The van der Waals surface area contributed by atoms with Gasteiger partial charge in [0.25, 0.3) is 5.56 Å². The third kappa shape index (κ3) is 4.55. The molecule has 3 aromatic rings. The van der Waals surface area contributed by atoms with Gasteiger partial charge in [0, 0.05) is 31.8 Å². The molecule has 142 valence electrons. The molecule has 0 bridgehead atoms. The highest BCUT2D eigenvalue weighted by molar-refractivity contribution is 5.80. The van der Waals surface area contributed by atoms with Crippen molar-refractivity contribution in [2.45, 2.75) is 39.2 Å². The summed E-state index contributed by atoms with van der Waals surface area (Å²) in [7, 11) is 1.70. The topological polar surface area (TPSA) is 61.4 Å². The zero-order valence-electron chi connectivity index (χ0n) is 15.9. The molecule has 0 saturated heterocycles. The molecule has 0 aliphatic carbocycles. The molecule has 1 aromatic carbocycles. The van der Waals surface area contributed by atoms with Crippen LogP contribution < -0.4 is 11.2 Å². The van der Waals surface area contributed by atoms with E-state index in [-0.39, 0.29) is 11.1 Å². The first-order valence-electron chi connectivity index (χ1n) is 9.33. The average molecular weight is 367 g/mol. The summed E-state index contributed by atoms with van der Waals surface area (Å²) in [6.45, 7) is 3.36. The van der Waals surface area contributed by atoms with Crippen LogP contribution in [-0.4, -0.2) is 18.3 Å². The highest BCUT2D eigenvalue weighted by Gasteiger charge is 2.11. The lowest BCUT2D eigenvalue weighted by Gasteiger charge is -2.08. The van der Waals surface area contributed by atoms with E-state index < -0.39 is 5.63 Å². The molecular weight excluding hydrogens is 342 g/mol. The van der Waals surface area contributed by atoms with E-state index in [9.17, 15) is 9.59 Å². The zero-order valence-corrected chi connectivity index (χ0v) is 15.9. The fourth-order valence-electron chi connectivity index (χ4n) is 3.22. The molecule has 0 N–H and O–H groups in total. The Labute approximate surface area is 158 Å². The number of rotatable bonds is 8. The van der Waals surface area contributed by atoms with E-state index >= 15 is 0 Å². The molecule has 27 heavy (non-hydrogen) atoms. The maximum absolute atomic E-state index is 12.7. The molecule has 0 saturated carbocycles. The molecule has 0 radical (unpaired) electrons. The molecule has 2 heterocycles. The molecule has 0 fully saturated rings. The number of hydrogen-bond donors (Lipinski definition) is 0. The summed E-state index contributed by atoms with van der Waals surface area (Å²) in [5.41, 5.74) is 1.72. The molecule has 5 nitrogen and oxygen atoms in total. The molecule has 0 aliphatic heterocycles. The summed E-state index contributed by atoms with van der Waals surface area (Å²) in [5, 5.41) is 0.646. The Morgan fingerprint density at radius 2 is 1.85 bits per heavy atom. The van der Waals surface area contributed by atoms with Gasteiger partial charge in [0.1, 0.15) is 0 Å². The van der Waals surface area contributed by atoms with Crippen LogP contribution in [0.4, 0.5) is 0 Å². The summed E-state index contributed by atoms with van der Waals surface area (Å²) in [6, 6.07) is 11.3. The quantitative estimate of drug-likeness (QED) is 0.562. The van der Waals surface area contributed by atoms with Gasteiger partial charge in [-0.05, 0) is 37.5 Å². The van der Waals surface area contributed by atoms with Crippen LogP contribution in [0.1, 0.15) is 31.2 Å². The molecule has 0 aliphatic rings. The smallest absolute Gasteiger partial charge is 0.344 e. The predicted octanol–water partition coefficient (Wildman–Crippen LogP) is 4.14. The fourth-order valence-corrected chi connectivity index (χ4v) is 3.22. The van der Waals surface area contributed by atoms with Crippen LogP contribution in [0.3, 0.4) is 0 Å². The lowest BCUT2D eigenvalue weighted by molar-refractivity contribution is 0.192. The number of aromatic nitrogens is 1. The Morgan fingerprint density at radius 1 is 1.04 bits per heavy atom. The van der Waals surface area contributed by atoms with Crippen molar-refractivity contribution in [1.29, 1.82) is 0 Å². The Balaban J connectivity index is 1.83. The third-order valence-electron chi connectivity index (χ3n) is 4.69. The second-order valence-corrected chi connectivity index (χ2v) is 6.82. The first-order valence-corrected chi connectivity index (χ1v) is 9.33. The summed E-state index contributed by atoms with van der Waals surface area (Å²) in [4.78, 5) is 25.1. The summed E-state index contributed by atoms with van der Waals surface area (Å²) < 4.78 is 12.1. The molecule has 3 rings (SSSR count). The second-order valence-electron chi connectivity index (χ2n) is 6.82. The maximum Gasteiger partial charge on any atom is 0.344 e. The van der Waals surface area contributed by atoms with E-state index in [0.29, 0.717) is 17.5 Å². The van der Waals surface area contributed by atoms with Crippen molar-refractivity contribution in [3.63, 3.8) is 0 Å². The minimum Gasteiger partial charge on any atom is -0.416 e. The molecule has 5 heteroatoms. The summed E-state index contributed by atoms with van der Waals surface area (Å²) in [6.07, 6.45) is 5.81. The molecule has 2 aromatic heterocycles. The van der Waals surface area contributed by atoms with Gasteiger partial charge in [-0.1, -0.05) is 42.7 Å². The lowest BCUT2D eigenvalue weighted by atomic mass is 10.0. The van der Waals surface area contributed by atoms with E-state index in [2.05, 4.69) is 0 Å². The molecule has 0 atom stereocenters. The maximum atomic E-state index is 12.7. The Bertz CT molecular complexity index is 1030. The van der Waals surface area contributed by atoms with Gasteiger partial charge < -0.3 is 13.7 Å². The minimum absolute atomic E-state index is 0.123. The molecule has 0 spiro atoms. The first-order chi connectivity index (χ1) is 13.1. The van der Waals surface area contributed by atoms with E-state index in [4.69, 9.17) is 9.15 Å². The zero-order chi connectivity index (χ0) is 19.2. The van der Waals surface area contributed by atoms with Crippen LogP contribution in [0.5, 0.6) is 0 Å². The number of benzene rings is 1. The molecule has 0 unspecified atom stereocenters. The van der Waals surface area contributed by atoms with Crippen LogP contribution in [0, 0.1) is 6.92 Å². The number of nitrogens with zero attached hydrogens (tertiary/aromatic N) is 1. The number of methoxy groups -OCH3 is 1. The van der Waals surface area contributed by atoms with Gasteiger partial charge in [0.05, 0.1) is 5.56 Å². The van der Waals surface area contributed by atoms with Gasteiger partial charge in [0.2, 0.25) is 5.58 Å². The number of ether oxygens (including phenoxy) is 1. The van der Waals surface area contributed by atoms with Gasteiger partial charge in [-0.3, -0.25) is 4.79 Å². The largest absolute Gasteiger partial charge is 0.416 e. The minimum atomic E-state index is -0.484. The predicted molar refractivity (Wildman–Crippen MR) is 107 cm³/mol. The first kappa shape index (κ1) is 19.1. The Morgan fingerprint density at radius 3 is 2.63 bits per heavy atom. The average Bonchev–Trinajstić information content (AvgIpc) is 2.66. The molecular formula is C22H25NO4. The number of aryl methyl sites for hydroxylation is 2. The fraction of sp³-hybridized carbons (Fsp3) is 0.364. The Hall–Kier alpha value is -2.66. The van der Waals surface area contributed by atoms with Gasteiger partial charge in [0.15, 0.2) is 0 Å². The van der Waals surface area contributed by atoms with Gasteiger partial charge in [-0.15, -0.1) is 0 Å². The van der Waals surface area contributed by atoms with E-state index in [1.807, 2.05) is 37.3 Å². The van der Waals surface area contributed by atoms with E-state index in [0.717, 1.165) is 43.4 Å². The Kier molecular flexibility index (Phi) is 6.24. The van der Waals surface area contributed by atoms with Crippen molar-refractivity contribution in [2.24, 2.45) is 0 Å². The number of hydrogen-bond acceptors (Lipinski definition) is 4. The highest BCUT2D eigenvalue weighted by Crippen LogP contribution is 2.20. The lowest BCUT2D eigenvalue weighted by Crippen LogP contribution is -2.21. The van der Waals surface area contributed by atoms with Gasteiger partial charge in [-0.2, -0.15) is 0 Å². The highest BCUT2D eigenvalue weighted by atomic mass is 16.5. The number of unbranched alkanes of at least 4 members (excludes halogenated alkanes) is 3. The van der Waals surface area contributed by atoms with Crippen molar-refractivity contribution in [3.05, 3.63) is 68.9 Å². The number of fused-ring (bicyclic) bond motifs is 1. The second kappa shape index (κ2) is 8.82. The summed E-state index contributed by atoms with van der Waals surface area (Å²) >= 11 is 0. The van der Waals surface area contributed by atoms with E-state index in [1.165, 1.54) is 0 Å². The van der Waals surface area contributed by atoms with Crippen LogP contribution >= 0.6 is 0 Å².